The number of furan rings is 1. The molecule has 1 unspecified atom stereocenters. The monoisotopic (exact) mass is 329 g/mol. The second-order valence-electron chi connectivity index (χ2n) is 5.48. The van der Waals surface area contributed by atoms with Crippen molar-refractivity contribution in [2.24, 2.45) is 0 Å². The Labute approximate surface area is 138 Å². The molecule has 1 atom stereocenters. The van der Waals surface area contributed by atoms with Crippen LogP contribution in [0.1, 0.15) is 34.8 Å². The highest BCUT2D eigenvalue weighted by Gasteiger charge is 2.19. The highest BCUT2D eigenvalue weighted by molar-refractivity contribution is 5.97. The summed E-state index contributed by atoms with van der Waals surface area (Å²) in [6, 6.07) is 8.33. The molecular weight excluding hydrogens is 310 g/mol. The summed E-state index contributed by atoms with van der Waals surface area (Å²) in [5.41, 5.74) is 1.38. The minimum Gasteiger partial charge on any atom is -0.464 e. The van der Waals surface area contributed by atoms with Gasteiger partial charge in [0.2, 0.25) is 0 Å². The number of aromatic amines is 2. The molecule has 2 heterocycles. The number of ether oxygens (including phenoxy) is 1. The van der Waals surface area contributed by atoms with Gasteiger partial charge in [-0.25, -0.2) is 4.79 Å². The summed E-state index contributed by atoms with van der Waals surface area (Å²) in [7, 11) is 1.57. The van der Waals surface area contributed by atoms with E-state index in [1.54, 1.807) is 25.3 Å². The maximum absolute atomic E-state index is 12.5. The zero-order chi connectivity index (χ0) is 17.1. The van der Waals surface area contributed by atoms with E-state index in [1.807, 2.05) is 19.1 Å². The van der Waals surface area contributed by atoms with Gasteiger partial charge in [-0.2, -0.15) is 0 Å². The van der Waals surface area contributed by atoms with Crippen LogP contribution in [0, 0.1) is 0 Å². The Kier molecular flexibility index (Phi) is 4.52. The molecule has 126 valence electrons. The topological polar surface area (TPSA) is 100 Å². The maximum atomic E-state index is 12.5. The van der Waals surface area contributed by atoms with Gasteiger partial charge in [-0.3, -0.25) is 4.79 Å². The van der Waals surface area contributed by atoms with E-state index in [9.17, 15) is 9.59 Å². The van der Waals surface area contributed by atoms with E-state index in [0.717, 1.165) is 12.2 Å². The number of hydrogen-bond donors (Lipinski definition) is 3. The Morgan fingerprint density at radius 2 is 2.04 bits per heavy atom. The van der Waals surface area contributed by atoms with Gasteiger partial charge in [0.1, 0.15) is 17.6 Å². The highest BCUT2D eigenvalue weighted by atomic mass is 16.5. The van der Waals surface area contributed by atoms with Gasteiger partial charge in [0, 0.05) is 19.1 Å². The third-order valence-corrected chi connectivity index (χ3v) is 3.79. The number of rotatable bonds is 6. The lowest BCUT2D eigenvalue weighted by Crippen LogP contribution is -2.31. The SMILES string of the molecule is CCc1ccc(C(COC)NC(=O)c2ccc3[nH]c(=O)[nH]c3c2)o1. The van der Waals surface area contributed by atoms with Crippen molar-refractivity contribution in [3.8, 4) is 0 Å². The number of hydrogen-bond acceptors (Lipinski definition) is 4. The second kappa shape index (κ2) is 6.76. The highest BCUT2D eigenvalue weighted by Crippen LogP contribution is 2.19. The van der Waals surface area contributed by atoms with Crippen LogP contribution in [-0.2, 0) is 11.2 Å². The van der Waals surface area contributed by atoms with Crippen LogP contribution >= 0.6 is 0 Å². The predicted octanol–water partition coefficient (Wildman–Crippen LogP) is 2.13. The van der Waals surface area contributed by atoms with Crippen LogP contribution in [0.2, 0.25) is 0 Å². The molecule has 0 radical (unpaired) electrons. The molecule has 3 rings (SSSR count). The maximum Gasteiger partial charge on any atom is 0.323 e. The average molecular weight is 329 g/mol. The van der Waals surface area contributed by atoms with Crippen molar-refractivity contribution in [2.45, 2.75) is 19.4 Å². The lowest BCUT2D eigenvalue weighted by Gasteiger charge is -2.16. The summed E-state index contributed by atoms with van der Waals surface area (Å²) in [5, 5.41) is 2.90. The first-order valence-electron chi connectivity index (χ1n) is 7.71. The van der Waals surface area contributed by atoms with Gasteiger partial charge in [0.05, 0.1) is 17.6 Å². The molecule has 0 fully saturated rings. The standard InChI is InChI=1S/C17H19N3O4/c1-3-11-5-7-15(24-11)14(9-23-2)18-16(21)10-4-6-12-13(8-10)20-17(22)19-12/h4-8,14H,3,9H2,1-2H3,(H,18,21)(H2,19,20,22). The van der Waals surface area contributed by atoms with E-state index in [-0.39, 0.29) is 17.6 Å². The van der Waals surface area contributed by atoms with E-state index in [4.69, 9.17) is 9.15 Å². The van der Waals surface area contributed by atoms with Crippen molar-refractivity contribution < 1.29 is 13.9 Å². The zero-order valence-corrected chi connectivity index (χ0v) is 13.5. The van der Waals surface area contributed by atoms with Crippen LogP contribution in [-0.4, -0.2) is 29.6 Å². The molecule has 0 spiro atoms. The Bertz CT molecular complexity index is 906. The van der Waals surface area contributed by atoms with E-state index in [1.165, 1.54) is 0 Å². The van der Waals surface area contributed by atoms with Gasteiger partial charge >= 0.3 is 5.69 Å². The smallest absolute Gasteiger partial charge is 0.323 e. The van der Waals surface area contributed by atoms with E-state index >= 15 is 0 Å². The molecule has 0 saturated carbocycles. The molecule has 7 heteroatoms. The van der Waals surface area contributed by atoms with E-state index in [2.05, 4.69) is 15.3 Å². The van der Waals surface area contributed by atoms with Gasteiger partial charge in [-0.05, 0) is 30.3 Å². The summed E-state index contributed by atoms with van der Waals surface area (Å²) in [6.07, 6.45) is 0.783. The van der Waals surface area contributed by atoms with Crippen molar-refractivity contribution in [1.82, 2.24) is 15.3 Å². The number of carbonyl (C=O) groups excluding carboxylic acids is 1. The van der Waals surface area contributed by atoms with Gasteiger partial charge in [-0.1, -0.05) is 6.92 Å². The first-order chi connectivity index (χ1) is 11.6. The molecule has 3 N–H and O–H groups in total. The molecule has 7 nitrogen and oxygen atoms in total. The quantitative estimate of drug-likeness (QED) is 0.645. The van der Waals surface area contributed by atoms with Gasteiger partial charge in [0.15, 0.2) is 0 Å². The molecule has 0 aliphatic rings. The van der Waals surface area contributed by atoms with Crippen LogP contribution in [0.5, 0.6) is 0 Å². The zero-order valence-electron chi connectivity index (χ0n) is 13.5. The van der Waals surface area contributed by atoms with Crippen LogP contribution < -0.4 is 11.0 Å². The summed E-state index contributed by atoms with van der Waals surface area (Å²) in [4.78, 5) is 29.1. The van der Waals surface area contributed by atoms with Gasteiger partial charge in [-0.15, -0.1) is 0 Å². The number of methoxy groups -OCH3 is 1. The lowest BCUT2D eigenvalue weighted by atomic mass is 10.1. The van der Waals surface area contributed by atoms with Crippen molar-refractivity contribution in [3.63, 3.8) is 0 Å². The van der Waals surface area contributed by atoms with Crippen molar-refractivity contribution in [2.75, 3.05) is 13.7 Å². The summed E-state index contributed by atoms with van der Waals surface area (Å²) >= 11 is 0. The fourth-order valence-corrected chi connectivity index (χ4v) is 2.55. The van der Waals surface area contributed by atoms with Crippen LogP contribution in [0.4, 0.5) is 0 Å². The summed E-state index contributed by atoms with van der Waals surface area (Å²) < 4.78 is 10.9. The molecular formula is C17H19N3O4. The molecule has 0 saturated heterocycles. The number of carbonyl (C=O) groups is 1. The predicted molar refractivity (Wildman–Crippen MR) is 89.1 cm³/mol. The first kappa shape index (κ1) is 16.1. The van der Waals surface area contributed by atoms with Crippen LogP contribution in [0.3, 0.4) is 0 Å². The third kappa shape index (κ3) is 3.26. The number of H-pyrrole nitrogens is 2. The Morgan fingerprint density at radius 3 is 2.75 bits per heavy atom. The number of aryl methyl sites for hydroxylation is 1. The molecule has 1 aromatic carbocycles. The minimum atomic E-state index is -0.385. The number of amides is 1. The van der Waals surface area contributed by atoms with Crippen molar-refractivity contribution in [1.29, 1.82) is 0 Å². The largest absolute Gasteiger partial charge is 0.464 e. The molecule has 1 amide bonds. The summed E-state index contributed by atoms with van der Waals surface area (Å²) in [6.45, 7) is 2.30. The lowest BCUT2D eigenvalue weighted by molar-refractivity contribution is 0.0882. The summed E-state index contributed by atoms with van der Waals surface area (Å²) in [5.74, 6) is 1.24. The fraction of sp³-hybridized carbons (Fsp3) is 0.294. The van der Waals surface area contributed by atoms with Crippen molar-refractivity contribution >= 4 is 16.9 Å². The number of imidazole rings is 1. The average Bonchev–Trinajstić information content (AvgIpc) is 3.18. The van der Waals surface area contributed by atoms with Crippen molar-refractivity contribution in [3.05, 3.63) is 57.9 Å². The van der Waals surface area contributed by atoms with Gasteiger partial charge in [0.25, 0.3) is 5.91 Å². The van der Waals surface area contributed by atoms with E-state index in [0.29, 0.717) is 29.0 Å². The molecule has 3 aromatic rings. The number of benzene rings is 1. The first-order valence-corrected chi connectivity index (χ1v) is 7.71. The van der Waals surface area contributed by atoms with Crippen LogP contribution in [0.15, 0.2) is 39.5 Å². The van der Waals surface area contributed by atoms with Gasteiger partial charge < -0.3 is 24.4 Å². The minimum absolute atomic E-state index is 0.268. The fourth-order valence-electron chi connectivity index (χ4n) is 2.55. The third-order valence-electron chi connectivity index (χ3n) is 3.79. The molecule has 0 aliphatic heterocycles. The van der Waals surface area contributed by atoms with E-state index < -0.39 is 0 Å². The molecule has 0 bridgehead atoms. The molecule has 2 aromatic heterocycles. The Balaban J connectivity index is 1.82. The molecule has 0 aliphatic carbocycles. The second-order valence-corrected chi connectivity index (χ2v) is 5.48. The Hall–Kier alpha value is -2.80. The van der Waals surface area contributed by atoms with Crippen LogP contribution in [0.25, 0.3) is 11.0 Å². The normalized spacial score (nSPS) is 12.4. The number of nitrogens with one attached hydrogen (secondary N) is 3. The molecule has 24 heavy (non-hydrogen) atoms. The number of aromatic nitrogens is 2. The number of fused-ring (bicyclic) bond motifs is 1. The Morgan fingerprint density at radius 1 is 1.25 bits per heavy atom.